The van der Waals surface area contributed by atoms with E-state index in [0.29, 0.717) is 28.6 Å². The lowest BCUT2D eigenvalue weighted by molar-refractivity contribution is -0.122. The second-order valence-electron chi connectivity index (χ2n) is 10.4. The van der Waals surface area contributed by atoms with Gasteiger partial charge in [0.1, 0.15) is 29.4 Å². The van der Waals surface area contributed by atoms with Gasteiger partial charge in [-0.1, -0.05) is 23.7 Å². The number of fused-ring (bicyclic) bond motifs is 2. The van der Waals surface area contributed by atoms with Crippen molar-refractivity contribution in [3.05, 3.63) is 64.4 Å². The van der Waals surface area contributed by atoms with Crippen LogP contribution in [0.1, 0.15) is 43.7 Å². The van der Waals surface area contributed by atoms with Crippen molar-refractivity contribution in [2.24, 2.45) is 11.8 Å². The molecule has 3 N–H and O–H groups in total. The summed E-state index contributed by atoms with van der Waals surface area (Å²) in [6.07, 6.45) is 4.02. The number of nitrogens with zero attached hydrogens (tertiary/aromatic N) is 4. The third-order valence-electron chi connectivity index (χ3n) is 8.09. The fourth-order valence-electron chi connectivity index (χ4n) is 6.00. The first kappa shape index (κ1) is 24.5. The van der Waals surface area contributed by atoms with E-state index in [2.05, 4.69) is 10.3 Å². The van der Waals surface area contributed by atoms with Crippen LogP contribution in [0.15, 0.2) is 42.5 Å². The summed E-state index contributed by atoms with van der Waals surface area (Å²) in [5.74, 6) is 0.480. The molecule has 194 valence electrons. The van der Waals surface area contributed by atoms with Gasteiger partial charge in [-0.05, 0) is 74.4 Å². The summed E-state index contributed by atoms with van der Waals surface area (Å²) in [7, 11) is 0. The first-order valence-electron chi connectivity index (χ1n) is 12.6. The van der Waals surface area contributed by atoms with E-state index in [1.54, 1.807) is 22.9 Å². The number of amides is 1. The van der Waals surface area contributed by atoms with Crippen molar-refractivity contribution in [2.45, 2.75) is 44.6 Å². The van der Waals surface area contributed by atoms with Gasteiger partial charge in [0.2, 0.25) is 5.91 Å². The number of hydrogen-bond acceptors (Lipinski definition) is 6. The first-order chi connectivity index (χ1) is 18.3. The van der Waals surface area contributed by atoms with Crippen LogP contribution in [0, 0.1) is 17.7 Å². The molecule has 10 heteroatoms. The average Bonchev–Trinajstić information content (AvgIpc) is 3.38. The zero-order valence-corrected chi connectivity index (χ0v) is 21.5. The number of aldehydes is 1. The number of nitrogens with two attached hydrogens (primary N) is 1. The number of nitrogen functional groups attached to an aromatic ring is 1. The Morgan fingerprint density at radius 2 is 1.97 bits per heavy atom. The molecule has 1 amide bonds. The highest BCUT2D eigenvalue weighted by atomic mass is 35.5. The number of benzene rings is 2. The Morgan fingerprint density at radius 1 is 1.18 bits per heavy atom. The van der Waals surface area contributed by atoms with E-state index < -0.39 is 5.41 Å². The molecule has 1 aliphatic carbocycles. The van der Waals surface area contributed by atoms with Crippen LogP contribution in [-0.4, -0.2) is 31.9 Å². The first-order valence-corrected chi connectivity index (χ1v) is 13.0. The zero-order valence-electron chi connectivity index (χ0n) is 20.7. The minimum atomic E-state index is -0.877. The maximum Gasteiger partial charge on any atom is 0.236 e. The monoisotopic (exact) mass is 532 g/mol. The molecule has 0 bridgehead atoms. The standard InChI is InChI=1S/C28H26ClFN6O2/c1-28(17-7-5-15(14-37)6-8-17)22-24(31)32-26(33-25(22)34-27(28)38)23-20-10-9-18(29)12-21(20)36(35-23)13-16-3-2-4-19(30)11-16/h2-4,9-12,14-15,17H,5-8,13H2,1H3,(H3,31,32,33,34,38). The third kappa shape index (κ3) is 3.93. The second-order valence-corrected chi connectivity index (χ2v) is 10.8. The molecule has 8 nitrogen and oxygen atoms in total. The third-order valence-corrected chi connectivity index (χ3v) is 8.32. The molecule has 0 radical (unpaired) electrons. The molecule has 6 rings (SSSR count). The molecule has 38 heavy (non-hydrogen) atoms. The van der Waals surface area contributed by atoms with Crippen molar-refractivity contribution < 1.29 is 14.0 Å². The second kappa shape index (κ2) is 9.16. The van der Waals surface area contributed by atoms with E-state index in [0.717, 1.165) is 48.4 Å². The summed E-state index contributed by atoms with van der Waals surface area (Å²) < 4.78 is 15.5. The number of carbonyl (C=O) groups excluding carboxylic acids is 2. The van der Waals surface area contributed by atoms with Crippen LogP contribution in [0.3, 0.4) is 0 Å². The van der Waals surface area contributed by atoms with Crippen LogP contribution >= 0.6 is 11.6 Å². The van der Waals surface area contributed by atoms with E-state index in [1.807, 2.05) is 19.1 Å². The van der Waals surface area contributed by atoms with E-state index in [1.165, 1.54) is 12.1 Å². The number of hydrogen-bond donors (Lipinski definition) is 2. The Kier molecular flexibility index (Phi) is 5.90. The van der Waals surface area contributed by atoms with Crippen molar-refractivity contribution in [3.63, 3.8) is 0 Å². The number of anilines is 2. The van der Waals surface area contributed by atoms with E-state index in [-0.39, 0.29) is 35.2 Å². The minimum absolute atomic E-state index is 0.0325. The van der Waals surface area contributed by atoms with Crippen molar-refractivity contribution >= 4 is 46.3 Å². The van der Waals surface area contributed by atoms with Crippen LogP contribution in [0.5, 0.6) is 0 Å². The smallest absolute Gasteiger partial charge is 0.236 e. The quantitative estimate of drug-likeness (QED) is 0.344. The lowest BCUT2D eigenvalue weighted by atomic mass is 9.65. The fraction of sp³-hybridized carbons (Fsp3) is 0.321. The van der Waals surface area contributed by atoms with Gasteiger partial charge in [-0.3, -0.25) is 9.48 Å². The van der Waals surface area contributed by atoms with E-state index >= 15 is 0 Å². The summed E-state index contributed by atoms with van der Waals surface area (Å²) in [6, 6.07) is 11.7. The van der Waals surface area contributed by atoms with Crippen LogP contribution in [-0.2, 0) is 21.5 Å². The molecule has 4 aromatic rings. The maximum atomic E-state index is 13.8. The molecule has 1 saturated carbocycles. The van der Waals surface area contributed by atoms with Crippen LogP contribution in [0.4, 0.5) is 16.0 Å². The molecule has 0 saturated heterocycles. The van der Waals surface area contributed by atoms with Gasteiger partial charge < -0.3 is 15.8 Å². The van der Waals surface area contributed by atoms with Gasteiger partial charge in [-0.15, -0.1) is 0 Å². The molecule has 2 aliphatic rings. The number of halogens is 2. The fourth-order valence-corrected chi connectivity index (χ4v) is 6.17. The lowest BCUT2D eigenvalue weighted by Gasteiger charge is -2.36. The number of nitrogens with one attached hydrogen (secondary N) is 1. The lowest BCUT2D eigenvalue weighted by Crippen LogP contribution is -2.41. The van der Waals surface area contributed by atoms with Crippen LogP contribution in [0.25, 0.3) is 22.4 Å². The molecule has 1 unspecified atom stereocenters. The highest BCUT2D eigenvalue weighted by Crippen LogP contribution is 2.50. The number of carbonyl (C=O) groups is 2. The molecule has 1 atom stereocenters. The summed E-state index contributed by atoms with van der Waals surface area (Å²) in [5.41, 5.74) is 8.21. The predicted octanol–water partition coefficient (Wildman–Crippen LogP) is 5.13. The summed E-state index contributed by atoms with van der Waals surface area (Å²) >= 11 is 6.30. The zero-order chi connectivity index (χ0) is 26.6. The van der Waals surface area contributed by atoms with Gasteiger partial charge >= 0.3 is 0 Å². The Bertz CT molecular complexity index is 1600. The number of rotatable bonds is 5. The molecular weight excluding hydrogens is 507 g/mol. The molecule has 3 heterocycles. The minimum Gasteiger partial charge on any atom is -0.383 e. The molecular formula is C28H26ClFN6O2. The van der Waals surface area contributed by atoms with Gasteiger partial charge in [-0.25, -0.2) is 14.4 Å². The largest absolute Gasteiger partial charge is 0.383 e. The summed E-state index contributed by atoms with van der Waals surface area (Å²) in [5, 5.41) is 8.99. The predicted molar refractivity (Wildman–Crippen MR) is 143 cm³/mol. The Morgan fingerprint density at radius 3 is 2.71 bits per heavy atom. The van der Waals surface area contributed by atoms with Crippen molar-refractivity contribution in [3.8, 4) is 11.5 Å². The number of aromatic nitrogens is 4. The molecule has 0 spiro atoms. The highest BCUT2D eigenvalue weighted by Gasteiger charge is 2.51. The van der Waals surface area contributed by atoms with E-state index in [4.69, 9.17) is 27.4 Å². The summed E-state index contributed by atoms with van der Waals surface area (Å²) in [6.45, 7) is 2.21. The van der Waals surface area contributed by atoms with Crippen molar-refractivity contribution in [1.29, 1.82) is 0 Å². The highest BCUT2D eigenvalue weighted by molar-refractivity contribution is 6.31. The summed E-state index contributed by atoms with van der Waals surface area (Å²) in [4.78, 5) is 33.9. The normalized spacial score (nSPS) is 22.9. The SMILES string of the molecule is CC1(C2CCC(C=O)CC2)C(=O)Nc2nc(-c3nn(Cc4cccc(F)c4)c4cc(Cl)ccc34)nc(N)c21. The van der Waals surface area contributed by atoms with Gasteiger partial charge in [-0.2, -0.15) is 5.10 Å². The van der Waals surface area contributed by atoms with Gasteiger partial charge in [0, 0.05) is 16.3 Å². The molecule has 2 aromatic carbocycles. The van der Waals surface area contributed by atoms with Crippen molar-refractivity contribution in [1.82, 2.24) is 19.7 Å². The van der Waals surface area contributed by atoms with Gasteiger partial charge in [0.05, 0.1) is 23.0 Å². The Balaban J connectivity index is 1.42. The van der Waals surface area contributed by atoms with E-state index in [9.17, 15) is 14.0 Å². The van der Waals surface area contributed by atoms with Crippen molar-refractivity contribution in [2.75, 3.05) is 11.1 Å². The average molecular weight is 533 g/mol. The van der Waals surface area contributed by atoms with Crippen LogP contribution < -0.4 is 11.1 Å². The molecule has 1 aliphatic heterocycles. The topological polar surface area (TPSA) is 116 Å². The molecule has 1 fully saturated rings. The van der Waals surface area contributed by atoms with Gasteiger partial charge in [0.25, 0.3) is 0 Å². The maximum absolute atomic E-state index is 13.8. The van der Waals surface area contributed by atoms with Gasteiger partial charge in [0.15, 0.2) is 5.82 Å². The Hall–Kier alpha value is -3.85. The Labute approximate surface area is 223 Å². The van der Waals surface area contributed by atoms with Crippen LogP contribution in [0.2, 0.25) is 5.02 Å². The molecule has 2 aromatic heterocycles.